The number of nitrogens with one attached hydrogen (secondary N) is 1. The molecule has 0 fully saturated rings. The molecule has 0 rings (SSSR count). The van der Waals surface area contributed by atoms with Crippen LogP contribution in [0.4, 0.5) is 0 Å². The highest BCUT2D eigenvalue weighted by atomic mass is 16.2. The van der Waals surface area contributed by atoms with Gasteiger partial charge in [-0.2, -0.15) is 5.26 Å². The lowest BCUT2D eigenvalue weighted by Gasteiger charge is -2.22. The number of amides is 1. The molecule has 0 aromatic heterocycles. The Morgan fingerprint density at radius 1 is 1.44 bits per heavy atom. The average Bonchev–Trinajstić information content (AvgIpc) is 2.28. The SMILES string of the molecule is CCCCCC(C)NC(=O)C(C)(C#N)CC. The standard InChI is InChI=1S/C13H24N2O/c1-5-7-8-9-11(3)15-12(16)13(4,6-2)10-14/h11H,5-9H2,1-4H3,(H,15,16). The van der Waals surface area contributed by atoms with Crippen LogP contribution in [0.5, 0.6) is 0 Å². The van der Waals surface area contributed by atoms with E-state index in [9.17, 15) is 4.79 Å². The second-order valence-corrected chi connectivity index (χ2v) is 4.67. The summed E-state index contributed by atoms with van der Waals surface area (Å²) >= 11 is 0. The van der Waals surface area contributed by atoms with E-state index < -0.39 is 5.41 Å². The molecule has 0 aliphatic carbocycles. The number of nitrogens with zero attached hydrogens (tertiary/aromatic N) is 1. The molecule has 16 heavy (non-hydrogen) atoms. The number of unbranched alkanes of at least 4 members (excludes halogenated alkanes) is 2. The topological polar surface area (TPSA) is 52.9 Å². The third kappa shape index (κ3) is 4.65. The van der Waals surface area contributed by atoms with Gasteiger partial charge in [-0.1, -0.05) is 33.1 Å². The number of carbonyl (C=O) groups is 1. The van der Waals surface area contributed by atoms with Crippen molar-refractivity contribution in [3.63, 3.8) is 0 Å². The number of rotatable bonds is 7. The maximum Gasteiger partial charge on any atom is 0.240 e. The molecule has 92 valence electrons. The molecule has 0 spiro atoms. The fourth-order valence-corrected chi connectivity index (χ4v) is 1.45. The Balaban J connectivity index is 4.09. The molecule has 1 N–H and O–H groups in total. The molecule has 0 aliphatic heterocycles. The van der Waals surface area contributed by atoms with Crippen molar-refractivity contribution in [3.05, 3.63) is 0 Å². The van der Waals surface area contributed by atoms with Gasteiger partial charge in [0.2, 0.25) is 5.91 Å². The zero-order chi connectivity index (χ0) is 12.6. The molecule has 3 heteroatoms. The summed E-state index contributed by atoms with van der Waals surface area (Å²) in [5.74, 6) is -0.138. The van der Waals surface area contributed by atoms with Crippen molar-refractivity contribution in [2.45, 2.75) is 65.8 Å². The van der Waals surface area contributed by atoms with Crippen LogP contribution in [-0.4, -0.2) is 11.9 Å². The van der Waals surface area contributed by atoms with E-state index in [-0.39, 0.29) is 11.9 Å². The summed E-state index contributed by atoms with van der Waals surface area (Å²) in [6.45, 7) is 7.72. The molecular formula is C13H24N2O. The fourth-order valence-electron chi connectivity index (χ4n) is 1.45. The van der Waals surface area contributed by atoms with Gasteiger partial charge in [0.15, 0.2) is 0 Å². The van der Waals surface area contributed by atoms with Crippen molar-refractivity contribution in [1.82, 2.24) is 5.32 Å². The van der Waals surface area contributed by atoms with Gasteiger partial charge in [0.1, 0.15) is 5.41 Å². The van der Waals surface area contributed by atoms with Crippen molar-refractivity contribution >= 4 is 5.91 Å². The van der Waals surface area contributed by atoms with Gasteiger partial charge < -0.3 is 5.32 Å². The minimum atomic E-state index is -0.876. The Hall–Kier alpha value is -1.04. The van der Waals surface area contributed by atoms with E-state index in [1.54, 1.807) is 6.92 Å². The van der Waals surface area contributed by atoms with E-state index in [4.69, 9.17) is 5.26 Å². The molecule has 0 bridgehead atoms. The zero-order valence-corrected chi connectivity index (χ0v) is 11.0. The fraction of sp³-hybridized carbons (Fsp3) is 0.846. The van der Waals surface area contributed by atoms with E-state index in [2.05, 4.69) is 18.3 Å². The third-order valence-electron chi connectivity index (χ3n) is 3.07. The smallest absolute Gasteiger partial charge is 0.240 e. The molecule has 1 amide bonds. The summed E-state index contributed by atoms with van der Waals surface area (Å²) in [6, 6.07) is 2.25. The van der Waals surface area contributed by atoms with E-state index in [0.717, 1.165) is 12.8 Å². The summed E-state index contributed by atoms with van der Waals surface area (Å²) in [6.07, 6.45) is 5.06. The van der Waals surface area contributed by atoms with Gasteiger partial charge in [-0.15, -0.1) is 0 Å². The van der Waals surface area contributed by atoms with Gasteiger partial charge in [0, 0.05) is 6.04 Å². The summed E-state index contributed by atoms with van der Waals surface area (Å²) in [5.41, 5.74) is -0.876. The van der Waals surface area contributed by atoms with Crippen molar-refractivity contribution in [2.24, 2.45) is 5.41 Å². The first-order valence-corrected chi connectivity index (χ1v) is 6.22. The van der Waals surface area contributed by atoms with Gasteiger partial charge in [0.05, 0.1) is 6.07 Å². The number of carbonyl (C=O) groups excluding carboxylic acids is 1. The van der Waals surface area contributed by atoms with Crippen molar-refractivity contribution in [2.75, 3.05) is 0 Å². The molecule has 0 saturated carbocycles. The van der Waals surface area contributed by atoms with Crippen LogP contribution in [0.3, 0.4) is 0 Å². The molecule has 0 aliphatic rings. The number of hydrogen-bond donors (Lipinski definition) is 1. The lowest BCUT2D eigenvalue weighted by molar-refractivity contribution is -0.128. The highest BCUT2D eigenvalue weighted by Crippen LogP contribution is 2.20. The lowest BCUT2D eigenvalue weighted by atomic mass is 9.88. The molecule has 2 atom stereocenters. The molecule has 0 aromatic rings. The van der Waals surface area contributed by atoms with Crippen LogP contribution in [-0.2, 0) is 4.79 Å². The van der Waals surface area contributed by atoms with Gasteiger partial charge in [-0.3, -0.25) is 4.79 Å². The highest BCUT2D eigenvalue weighted by molar-refractivity contribution is 5.85. The van der Waals surface area contributed by atoms with Crippen LogP contribution < -0.4 is 5.32 Å². The Labute approximate surface area is 99.2 Å². The van der Waals surface area contributed by atoms with Crippen LogP contribution in [0.25, 0.3) is 0 Å². The minimum Gasteiger partial charge on any atom is -0.352 e. The molecule has 0 saturated heterocycles. The van der Waals surface area contributed by atoms with Gasteiger partial charge >= 0.3 is 0 Å². The van der Waals surface area contributed by atoms with E-state index >= 15 is 0 Å². The second kappa shape index (κ2) is 7.27. The second-order valence-electron chi connectivity index (χ2n) is 4.67. The Morgan fingerprint density at radius 2 is 2.06 bits per heavy atom. The summed E-state index contributed by atoms with van der Waals surface area (Å²) in [7, 11) is 0. The largest absolute Gasteiger partial charge is 0.352 e. The predicted molar refractivity (Wildman–Crippen MR) is 65.8 cm³/mol. The van der Waals surface area contributed by atoms with Gasteiger partial charge in [-0.05, 0) is 26.7 Å². The number of hydrogen-bond acceptors (Lipinski definition) is 2. The summed E-state index contributed by atoms with van der Waals surface area (Å²) in [5, 5.41) is 11.9. The van der Waals surface area contributed by atoms with Crippen LogP contribution in [0.1, 0.15) is 59.8 Å². The lowest BCUT2D eigenvalue weighted by Crippen LogP contribution is -2.42. The summed E-state index contributed by atoms with van der Waals surface area (Å²) < 4.78 is 0. The minimum absolute atomic E-state index is 0.138. The normalized spacial score (nSPS) is 15.9. The van der Waals surface area contributed by atoms with E-state index in [1.807, 2.05) is 13.8 Å². The first-order chi connectivity index (χ1) is 7.50. The van der Waals surface area contributed by atoms with Crippen LogP contribution in [0.15, 0.2) is 0 Å². The van der Waals surface area contributed by atoms with Crippen LogP contribution in [0.2, 0.25) is 0 Å². The molecule has 0 heterocycles. The van der Waals surface area contributed by atoms with Crippen molar-refractivity contribution in [3.8, 4) is 6.07 Å². The molecule has 2 unspecified atom stereocenters. The maximum absolute atomic E-state index is 11.8. The predicted octanol–water partition coefficient (Wildman–Crippen LogP) is 3.01. The zero-order valence-electron chi connectivity index (χ0n) is 11.0. The van der Waals surface area contributed by atoms with E-state index in [1.165, 1.54) is 12.8 Å². The molecule has 0 radical (unpaired) electrons. The van der Waals surface area contributed by atoms with E-state index in [0.29, 0.717) is 6.42 Å². The quantitative estimate of drug-likeness (QED) is 0.676. The summed E-state index contributed by atoms with van der Waals surface area (Å²) in [4.78, 5) is 11.8. The Kier molecular flexibility index (Phi) is 6.80. The maximum atomic E-state index is 11.8. The highest BCUT2D eigenvalue weighted by Gasteiger charge is 2.31. The Morgan fingerprint density at radius 3 is 2.50 bits per heavy atom. The van der Waals surface area contributed by atoms with Gasteiger partial charge in [0.25, 0.3) is 0 Å². The van der Waals surface area contributed by atoms with Gasteiger partial charge in [-0.25, -0.2) is 0 Å². The molecular weight excluding hydrogens is 200 g/mol. The Bertz CT molecular complexity index is 257. The molecule has 3 nitrogen and oxygen atoms in total. The van der Waals surface area contributed by atoms with Crippen molar-refractivity contribution < 1.29 is 4.79 Å². The third-order valence-corrected chi connectivity index (χ3v) is 3.07. The monoisotopic (exact) mass is 224 g/mol. The average molecular weight is 224 g/mol. The first-order valence-electron chi connectivity index (χ1n) is 6.22. The number of nitriles is 1. The van der Waals surface area contributed by atoms with Crippen molar-refractivity contribution in [1.29, 1.82) is 5.26 Å². The molecule has 0 aromatic carbocycles. The first kappa shape index (κ1) is 15.0. The van der Waals surface area contributed by atoms with Crippen LogP contribution in [0, 0.1) is 16.7 Å². The van der Waals surface area contributed by atoms with Crippen LogP contribution >= 0.6 is 0 Å².